The highest BCUT2D eigenvalue weighted by Gasteiger charge is 2.14. The molecule has 1 atom stereocenters. The highest BCUT2D eigenvalue weighted by Crippen LogP contribution is 2.09. The summed E-state index contributed by atoms with van der Waals surface area (Å²) in [6, 6.07) is 0.539. The largest absolute Gasteiger partial charge is 0.383 e. The van der Waals surface area contributed by atoms with Gasteiger partial charge in [-0.25, -0.2) is 0 Å². The van der Waals surface area contributed by atoms with E-state index in [1.54, 1.807) is 7.11 Å². The van der Waals surface area contributed by atoms with Gasteiger partial charge in [0.25, 0.3) is 0 Å². The minimum Gasteiger partial charge on any atom is -0.383 e. The summed E-state index contributed by atoms with van der Waals surface area (Å²) in [4.78, 5) is 2.43. The molecule has 0 saturated heterocycles. The van der Waals surface area contributed by atoms with Gasteiger partial charge in [-0.3, -0.25) is 4.90 Å². The molecule has 0 aromatic rings. The lowest BCUT2D eigenvalue weighted by atomic mass is 10.1. The number of hydrogen-bond acceptors (Lipinski definition) is 3. The van der Waals surface area contributed by atoms with Crippen molar-refractivity contribution in [3.8, 4) is 0 Å². The number of methoxy groups -OCH3 is 1. The summed E-state index contributed by atoms with van der Waals surface area (Å²) in [5, 5.41) is 0. The molecule has 2 N–H and O–H groups in total. The van der Waals surface area contributed by atoms with Crippen LogP contribution in [0, 0.1) is 0 Å². The minimum atomic E-state index is 0.539. The molecule has 0 rings (SSSR count). The van der Waals surface area contributed by atoms with Crippen LogP contribution in [0.5, 0.6) is 0 Å². The molecule has 0 aliphatic carbocycles. The Morgan fingerprint density at radius 2 is 2.00 bits per heavy atom. The monoisotopic (exact) mass is 216 g/mol. The lowest BCUT2D eigenvalue weighted by Gasteiger charge is -2.29. The molecule has 0 aliphatic heterocycles. The number of likely N-dealkylation sites (N-methyl/N-ethyl adjacent to an activating group) is 1. The minimum absolute atomic E-state index is 0.539. The van der Waals surface area contributed by atoms with Crippen LogP contribution in [-0.4, -0.2) is 44.3 Å². The SMILES string of the molecule is CCCCCC(CN)N(CC)CCOC. The highest BCUT2D eigenvalue weighted by molar-refractivity contribution is 4.71. The number of unbranched alkanes of at least 4 members (excludes halogenated alkanes) is 2. The lowest BCUT2D eigenvalue weighted by molar-refractivity contribution is 0.121. The smallest absolute Gasteiger partial charge is 0.0589 e. The fourth-order valence-corrected chi connectivity index (χ4v) is 1.89. The maximum atomic E-state index is 5.82. The third kappa shape index (κ3) is 6.88. The van der Waals surface area contributed by atoms with Crippen LogP contribution in [0.2, 0.25) is 0 Å². The summed E-state index contributed by atoms with van der Waals surface area (Å²) in [5.41, 5.74) is 5.82. The topological polar surface area (TPSA) is 38.5 Å². The molecule has 0 amide bonds. The molecule has 0 aromatic carbocycles. The molecule has 1 unspecified atom stereocenters. The normalized spacial score (nSPS) is 13.4. The zero-order valence-electron chi connectivity index (χ0n) is 10.7. The summed E-state index contributed by atoms with van der Waals surface area (Å²) in [5.74, 6) is 0. The zero-order chi connectivity index (χ0) is 11.5. The van der Waals surface area contributed by atoms with Gasteiger partial charge in [0, 0.05) is 26.2 Å². The maximum Gasteiger partial charge on any atom is 0.0589 e. The van der Waals surface area contributed by atoms with Gasteiger partial charge in [0.05, 0.1) is 6.61 Å². The number of rotatable bonds is 10. The summed E-state index contributed by atoms with van der Waals surface area (Å²) < 4.78 is 5.11. The average molecular weight is 216 g/mol. The summed E-state index contributed by atoms with van der Waals surface area (Å²) in [6.45, 7) is 8.07. The molecule has 0 aromatic heterocycles. The lowest BCUT2D eigenvalue weighted by Crippen LogP contribution is -2.42. The van der Waals surface area contributed by atoms with E-state index in [0.29, 0.717) is 6.04 Å². The van der Waals surface area contributed by atoms with Crippen molar-refractivity contribution >= 4 is 0 Å². The Balaban J connectivity index is 3.85. The molecule has 0 heterocycles. The zero-order valence-corrected chi connectivity index (χ0v) is 10.7. The van der Waals surface area contributed by atoms with Crippen LogP contribution >= 0.6 is 0 Å². The van der Waals surface area contributed by atoms with Crippen LogP contribution in [-0.2, 0) is 4.74 Å². The van der Waals surface area contributed by atoms with Gasteiger partial charge in [0.15, 0.2) is 0 Å². The standard InChI is InChI=1S/C12H28N2O/c1-4-6-7-8-12(11-13)14(5-2)9-10-15-3/h12H,4-11,13H2,1-3H3. The first kappa shape index (κ1) is 14.9. The Morgan fingerprint density at radius 1 is 1.27 bits per heavy atom. The second-order valence-corrected chi connectivity index (χ2v) is 4.01. The van der Waals surface area contributed by atoms with E-state index in [1.165, 1.54) is 25.7 Å². The number of nitrogens with two attached hydrogens (primary N) is 1. The van der Waals surface area contributed by atoms with Crippen molar-refractivity contribution in [1.29, 1.82) is 0 Å². The van der Waals surface area contributed by atoms with E-state index in [0.717, 1.165) is 26.2 Å². The second kappa shape index (κ2) is 10.4. The Labute approximate surface area is 95.0 Å². The quantitative estimate of drug-likeness (QED) is 0.567. The van der Waals surface area contributed by atoms with E-state index in [4.69, 9.17) is 10.5 Å². The molecular formula is C12H28N2O. The molecule has 0 bridgehead atoms. The Morgan fingerprint density at radius 3 is 2.47 bits per heavy atom. The Hall–Kier alpha value is -0.120. The van der Waals surface area contributed by atoms with Crippen LogP contribution in [0.1, 0.15) is 39.5 Å². The fraction of sp³-hybridized carbons (Fsp3) is 1.00. The molecule has 0 aliphatic rings. The highest BCUT2D eigenvalue weighted by atomic mass is 16.5. The second-order valence-electron chi connectivity index (χ2n) is 4.01. The van der Waals surface area contributed by atoms with E-state index in [2.05, 4.69) is 18.7 Å². The van der Waals surface area contributed by atoms with Crippen molar-refractivity contribution in [2.75, 3.05) is 33.4 Å². The van der Waals surface area contributed by atoms with Gasteiger partial charge in [-0.05, 0) is 13.0 Å². The maximum absolute atomic E-state index is 5.82. The van der Waals surface area contributed by atoms with Crippen molar-refractivity contribution in [3.63, 3.8) is 0 Å². The van der Waals surface area contributed by atoms with Crippen molar-refractivity contribution in [2.45, 2.75) is 45.6 Å². The van der Waals surface area contributed by atoms with Crippen molar-refractivity contribution in [2.24, 2.45) is 5.73 Å². The molecule has 3 heteroatoms. The predicted octanol–water partition coefficient (Wildman–Crippen LogP) is 1.86. The van der Waals surface area contributed by atoms with Gasteiger partial charge in [0.1, 0.15) is 0 Å². The summed E-state index contributed by atoms with van der Waals surface area (Å²) >= 11 is 0. The van der Waals surface area contributed by atoms with Crippen LogP contribution in [0.4, 0.5) is 0 Å². The fourth-order valence-electron chi connectivity index (χ4n) is 1.89. The van der Waals surface area contributed by atoms with Crippen molar-refractivity contribution < 1.29 is 4.74 Å². The average Bonchev–Trinajstić information content (AvgIpc) is 2.27. The van der Waals surface area contributed by atoms with Crippen LogP contribution < -0.4 is 5.73 Å². The van der Waals surface area contributed by atoms with E-state index in [-0.39, 0.29) is 0 Å². The van der Waals surface area contributed by atoms with Gasteiger partial charge < -0.3 is 10.5 Å². The van der Waals surface area contributed by atoms with E-state index in [9.17, 15) is 0 Å². The molecular weight excluding hydrogens is 188 g/mol. The molecule has 92 valence electrons. The number of hydrogen-bond donors (Lipinski definition) is 1. The predicted molar refractivity (Wildman–Crippen MR) is 66.1 cm³/mol. The third-order valence-electron chi connectivity index (χ3n) is 2.92. The Bertz CT molecular complexity index is 131. The van der Waals surface area contributed by atoms with Crippen LogP contribution in [0.3, 0.4) is 0 Å². The Kier molecular flexibility index (Phi) is 10.3. The summed E-state index contributed by atoms with van der Waals surface area (Å²) in [6.07, 6.45) is 5.11. The van der Waals surface area contributed by atoms with Crippen LogP contribution in [0.25, 0.3) is 0 Å². The van der Waals surface area contributed by atoms with Gasteiger partial charge in [0.2, 0.25) is 0 Å². The molecule has 0 spiro atoms. The molecule has 3 nitrogen and oxygen atoms in total. The first-order valence-corrected chi connectivity index (χ1v) is 6.23. The number of nitrogens with zero attached hydrogens (tertiary/aromatic N) is 1. The van der Waals surface area contributed by atoms with Gasteiger partial charge >= 0.3 is 0 Å². The van der Waals surface area contributed by atoms with Crippen molar-refractivity contribution in [1.82, 2.24) is 4.90 Å². The van der Waals surface area contributed by atoms with Crippen molar-refractivity contribution in [3.05, 3.63) is 0 Å². The third-order valence-corrected chi connectivity index (χ3v) is 2.92. The first-order valence-electron chi connectivity index (χ1n) is 6.23. The molecule has 0 radical (unpaired) electrons. The van der Waals surface area contributed by atoms with Gasteiger partial charge in [-0.15, -0.1) is 0 Å². The van der Waals surface area contributed by atoms with E-state index >= 15 is 0 Å². The van der Waals surface area contributed by atoms with Crippen LogP contribution in [0.15, 0.2) is 0 Å². The molecule has 15 heavy (non-hydrogen) atoms. The van der Waals surface area contributed by atoms with Gasteiger partial charge in [-0.2, -0.15) is 0 Å². The molecule has 0 saturated carbocycles. The van der Waals surface area contributed by atoms with E-state index in [1.807, 2.05) is 0 Å². The first-order chi connectivity index (χ1) is 7.29. The van der Waals surface area contributed by atoms with E-state index < -0.39 is 0 Å². The van der Waals surface area contributed by atoms with Gasteiger partial charge in [-0.1, -0.05) is 33.1 Å². The number of ether oxygens (including phenoxy) is 1. The molecule has 0 fully saturated rings. The summed E-state index contributed by atoms with van der Waals surface area (Å²) in [7, 11) is 1.75.